The first-order valence-electron chi connectivity index (χ1n) is 16.3. The second-order valence-electron chi connectivity index (χ2n) is 12.0. The summed E-state index contributed by atoms with van der Waals surface area (Å²) in [6.45, 7) is 10.7. The van der Waals surface area contributed by atoms with E-state index in [1.165, 1.54) is 12.1 Å². The predicted octanol–water partition coefficient (Wildman–Crippen LogP) is 1.79. The normalized spacial score (nSPS) is 14.9. The maximum absolute atomic E-state index is 14.7. The molecule has 4 aromatic carbocycles. The third-order valence-corrected chi connectivity index (χ3v) is 9.77. The smallest absolute Gasteiger partial charge is 0.548 e. The van der Waals surface area contributed by atoms with Gasteiger partial charge in [0.2, 0.25) is 0 Å². The summed E-state index contributed by atoms with van der Waals surface area (Å²) in [5.74, 6) is -2.09. The fourth-order valence-corrected chi connectivity index (χ4v) is 7.53. The summed E-state index contributed by atoms with van der Waals surface area (Å²) in [6.07, 6.45) is 0. The van der Waals surface area contributed by atoms with Crippen LogP contribution in [-0.2, 0) is 10.3 Å². The van der Waals surface area contributed by atoms with E-state index < -0.39 is 29.9 Å². The Morgan fingerprint density at radius 1 is 0.673 bits per heavy atom. The number of hydrogen-bond donors (Lipinski definition) is 0. The first kappa shape index (κ1) is 33.8. The number of amides is 3. The van der Waals surface area contributed by atoms with Gasteiger partial charge in [0.1, 0.15) is 17.0 Å². The number of aliphatic carboxylic acids is 1. The monoisotopic (exact) mass is 650 g/mol. The minimum atomic E-state index is -1.54. The zero-order valence-electron chi connectivity index (χ0n) is 28.3. The molecule has 7 rings (SSSR count). The molecular formula is C38H35LiN4O6. The molecule has 0 bridgehead atoms. The SMILES string of the molecule is CCN(CC)c1ccc2c(c1)Oc1cc(N(CC)CC)ccc1C21c2ccccc2C(=O)N1c1ccc2c(c1)C(=O)N(CC(=O)[O-])C2=O.[Li+]. The average molecular weight is 651 g/mol. The molecule has 0 saturated heterocycles. The van der Waals surface area contributed by atoms with Crippen molar-refractivity contribution in [3.05, 3.63) is 112 Å². The van der Waals surface area contributed by atoms with E-state index >= 15 is 0 Å². The van der Waals surface area contributed by atoms with Crippen LogP contribution >= 0.6 is 0 Å². The molecule has 0 unspecified atom stereocenters. The maximum atomic E-state index is 14.7. The van der Waals surface area contributed by atoms with E-state index in [-0.39, 0.29) is 35.9 Å². The van der Waals surface area contributed by atoms with Crippen molar-refractivity contribution in [3.8, 4) is 11.5 Å². The molecular weight excluding hydrogens is 615 g/mol. The quantitative estimate of drug-likeness (QED) is 0.199. The van der Waals surface area contributed by atoms with Crippen LogP contribution in [0.4, 0.5) is 17.1 Å². The number of ether oxygens (including phenoxy) is 1. The standard InChI is InChI=1S/C38H36N4O6.Li/c1-5-39(6-2)23-14-17-30-32(20-23)48-33-21-24(40(7-3)8-4)15-18-31(33)38(30)29-12-10-9-11-27(29)37(47)42(38)25-13-16-26-28(19-25)36(46)41(35(26)45)22-34(43)44;/h9-21H,5-8,22H2,1-4H3,(H,43,44);/q;+1/p-1. The Kier molecular flexibility index (Phi) is 8.82. The Bertz CT molecular complexity index is 1960. The van der Waals surface area contributed by atoms with Crippen molar-refractivity contribution < 1.29 is 47.9 Å². The number of rotatable bonds is 9. The van der Waals surface area contributed by atoms with E-state index in [1.807, 2.05) is 54.6 Å². The number of carboxylic acid groups (broad SMARTS) is 1. The third kappa shape index (κ3) is 4.93. The second-order valence-corrected chi connectivity index (χ2v) is 12.0. The Labute approximate surface area is 297 Å². The zero-order chi connectivity index (χ0) is 33.9. The Morgan fingerprint density at radius 3 is 1.78 bits per heavy atom. The molecule has 49 heavy (non-hydrogen) atoms. The number of carbonyl (C=O) groups excluding carboxylic acids is 4. The van der Waals surface area contributed by atoms with E-state index in [4.69, 9.17) is 4.74 Å². The van der Waals surface area contributed by atoms with Crippen LogP contribution in [0, 0.1) is 0 Å². The number of imide groups is 1. The van der Waals surface area contributed by atoms with E-state index in [2.05, 4.69) is 37.5 Å². The fourth-order valence-electron chi connectivity index (χ4n) is 7.53. The van der Waals surface area contributed by atoms with Crippen molar-refractivity contribution >= 4 is 40.8 Å². The van der Waals surface area contributed by atoms with Crippen molar-refractivity contribution in [1.29, 1.82) is 0 Å². The van der Waals surface area contributed by atoms with Crippen LogP contribution in [-0.4, -0.2) is 61.3 Å². The van der Waals surface area contributed by atoms with Gasteiger partial charge in [0, 0.05) is 77.6 Å². The first-order chi connectivity index (χ1) is 23.2. The van der Waals surface area contributed by atoms with Gasteiger partial charge in [-0.15, -0.1) is 0 Å². The van der Waals surface area contributed by atoms with Gasteiger partial charge in [0.15, 0.2) is 0 Å². The van der Waals surface area contributed by atoms with Crippen LogP contribution in [0.2, 0.25) is 0 Å². The minimum absolute atomic E-state index is 0. The van der Waals surface area contributed by atoms with Crippen LogP contribution in [0.25, 0.3) is 0 Å². The number of hydrogen-bond acceptors (Lipinski definition) is 8. The molecule has 10 nitrogen and oxygen atoms in total. The van der Waals surface area contributed by atoms with E-state index in [0.717, 1.165) is 54.2 Å². The third-order valence-electron chi connectivity index (χ3n) is 9.77. The van der Waals surface area contributed by atoms with Gasteiger partial charge in [-0.3, -0.25) is 24.2 Å². The maximum Gasteiger partial charge on any atom is 1.00 e. The molecule has 0 aliphatic carbocycles. The number of anilines is 3. The molecule has 0 aromatic heterocycles. The molecule has 0 fully saturated rings. The molecule has 0 saturated carbocycles. The first-order valence-corrected chi connectivity index (χ1v) is 16.3. The van der Waals surface area contributed by atoms with Gasteiger partial charge in [-0.25, -0.2) is 0 Å². The van der Waals surface area contributed by atoms with Crippen molar-refractivity contribution in [2.75, 3.05) is 47.4 Å². The molecule has 3 aliphatic rings. The minimum Gasteiger partial charge on any atom is -0.548 e. The summed E-state index contributed by atoms with van der Waals surface area (Å²) in [5, 5.41) is 11.4. The molecule has 4 aromatic rings. The number of benzene rings is 4. The summed E-state index contributed by atoms with van der Waals surface area (Å²) in [7, 11) is 0. The van der Waals surface area contributed by atoms with Gasteiger partial charge < -0.3 is 24.4 Å². The van der Waals surface area contributed by atoms with Crippen molar-refractivity contribution in [3.63, 3.8) is 0 Å². The molecule has 0 N–H and O–H groups in total. The van der Waals surface area contributed by atoms with Gasteiger partial charge in [0.25, 0.3) is 17.7 Å². The zero-order valence-corrected chi connectivity index (χ0v) is 28.3. The molecule has 3 amide bonds. The molecule has 0 atom stereocenters. The van der Waals surface area contributed by atoms with Gasteiger partial charge in [-0.2, -0.15) is 0 Å². The van der Waals surface area contributed by atoms with Crippen LogP contribution in [0.3, 0.4) is 0 Å². The Balaban J connectivity index is 0.00000417. The average Bonchev–Trinajstić information content (AvgIpc) is 3.48. The van der Waals surface area contributed by atoms with Crippen LogP contribution in [0.1, 0.15) is 75.5 Å². The molecule has 3 heterocycles. The van der Waals surface area contributed by atoms with Gasteiger partial charge >= 0.3 is 18.9 Å². The summed E-state index contributed by atoms with van der Waals surface area (Å²) in [4.78, 5) is 59.3. The van der Waals surface area contributed by atoms with Crippen LogP contribution in [0.15, 0.2) is 78.9 Å². The molecule has 11 heteroatoms. The summed E-state index contributed by atoms with van der Waals surface area (Å²) in [5.41, 5.74) is 4.00. The van der Waals surface area contributed by atoms with Crippen LogP contribution < -0.4 is 43.4 Å². The Hall–Kier alpha value is -5.04. The summed E-state index contributed by atoms with van der Waals surface area (Å²) in [6, 6.07) is 24.3. The van der Waals surface area contributed by atoms with Crippen molar-refractivity contribution in [2.24, 2.45) is 0 Å². The molecule has 3 aliphatic heterocycles. The van der Waals surface area contributed by atoms with Crippen molar-refractivity contribution in [1.82, 2.24) is 4.90 Å². The molecule has 0 radical (unpaired) electrons. The van der Waals surface area contributed by atoms with E-state index in [9.17, 15) is 24.3 Å². The van der Waals surface area contributed by atoms with Gasteiger partial charge in [-0.1, -0.05) is 30.3 Å². The Morgan fingerprint density at radius 2 is 1.22 bits per heavy atom. The van der Waals surface area contributed by atoms with Crippen LogP contribution in [0.5, 0.6) is 11.5 Å². The fraction of sp³-hybridized carbons (Fsp3) is 0.263. The summed E-state index contributed by atoms with van der Waals surface area (Å²) < 4.78 is 6.76. The second kappa shape index (κ2) is 12.8. The number of fused-ring (bicyclic) bond motifs is 7. The van der Waals surface area contributed by atoms with E-state index in [0.29, 0.717) is 27.6 Å². The molecule has 244 valence electrons. The molecule has 1 spiro atoms. The summed E-state index contributed by atoms with van der Waals surface area (Å²) >= 11 is 0. The number of nitrogens with zero attached hydrogens (tertiary/aromatic N) is 4. The predicted molar refractivity (Wildman–Crippen MR) is 180 cm³/mol. The topological polar surface area (TPSA) is 114 Å². The number of carboxylic acids is 1. The van der Waals surface area contributed by atoms with Gasteiger partial charge in [-0.05, 0) is 64.1 Å². The van der Waals surface area contributed by atoms with Crippen molar-refractivity contribution in [2.45, 2.75) is 33.2 Å². The number of carbonyl (C=O) groups is 4. The largest absolute Gasteiger partial charge is 1.00 e. The van der Waals surface area contributed by atoms with E-state index in [1.54, 1.807) is 17.0 Å². The van der Waals surface area contributed by atoms with Gasteiger partial charge in [0.05, 0.1) is 23.6 Å².